The van der Waals surface area contributed by atoms with E-state index in [9.17, 15) is 9.90 Å². The van der Waals surface area contributed by atoms with Crippen LogP contribution in [-0.2, 0) is 11.2 Å². The number of thiophene rings is 1. The summed E-state index contributed by atoms with van der Waals surface area (Å²) in [6.07, 6.45) is 3.05. The van der Waals surface area contributed by atoms with Crippen molar-refractivity contribution in [2.75, 3.05) is 0 Å². The molecule has 0 aliphatic rings. The molecule has 84 valence electrons. The molecule has 0 unspecified atom stereocenters. The van der Waals surface area contributed by atoms with Gasteiger partial charge in [0.15, 0.2) is 0 Å². The fourth-order valence-electron chi connectivity index (χ4n) is 1.83. The first-order chi connectivity index (χ1) is 7.14. The Hall–Kier alpha value is -0.830. The number of carbonyl (C=O) groups is 1. The third-order valence-corrected chi connectivity index (χ3v) is 4.17. The topological polar surface area (TPSA) is 37.3 Å². The summed E-state index contributed by atoms with van der Waals surface area (Å²) < 4.78 is 0. The van der Waals surface area contributed by atoms with Crippen LogP contribution in [0.25, 0.3) is 0 Å². The van der Waals surface area contributed by atoms with Crippen LogP contribution in [0.3, 0.4) is 0 Å². The second-order valence-electron chi connectivity index (χ2n) is 3.87. The molecule has 0 saturated heterocycles. The Bertz CT molecular complexity index is 299. The summed E-state index contributed by atoms with van der Waals surface area (Å²) in [7, 11) is 0. The van der Waals surface area contributed by atoms with Gasteiger partial charge in [-0.3, -0.25) is 4.79 Å². The van der Waals surface area contributed by atoms with Gasteiger partial charge in [-0.2, -0.15) is 0 Å². The second-order valence-corrected chi connectivity index (χ2v) is 4.90. The molecular weight excluding hydrogens is 208 g/mol. The SMILES string of the molecule is CCC(CC)(CCc1cccs1)C(=O)O. The van der Waals surface area contributed by atoms with Crippen LogP contribution in [0.15, 0.2) is 17.5 Å². The van der Waals surface area contributed by atoms with Crippen LogP contribution in [0, 0.1) is 5.41 Å². The van der Waals surface area contributed by atoms with E-state index in [1.165, 1.54) is 4.88 Å². The number of hydrogen-bond acceptors (Lipinski definition) is 2. The molecule has 3 heteroatoms. The molecule has 0 aliphatic heterocycles. The summed E-state index contributed by atoms with van der Waals surface area (Å²) in [5.74, 6) is -0.649. The van der Waals surface area contributed by atoms with Gasteiger partial charge in [-0.25, -0.2) is 0 Å². The van der Waals surface area contributed by atoms with Crippen LogP contribution in [0.2, 0.25) is 0 Å². The van der Waals surface area contributed by atoms with Crippen molar-refractivity contribution in [3.63, 3.8) is 0 Å². The van der Waals surface area contributed by atoms with Crippen molar-refractivity contribution in [2.24, 2.45) is 5.41 Å². The van der Waals surface area contributed by atoms with Gasteiger partial charge < -0.3 is 5.11 Å². The maximum absolute atomic E-state index is 11.2. The van der Waals surface area contributed by atoms with Gasteiger partial charge in [0.1, 0.15) is 0 Å². The number of carboxylic acid groups (broad SMARTS) is 1. The van der Waals surface area contributed by atoms with Crippen molar-refractivity contribution < 1.29 is 9.90 Å². The normalized spacial score (nSPS) is 11.6. The number of hydrogen-bond donors (Lipinski definition) is 1. The van der Waals surface area contributed by atoms with Crippen molar-refractivity contribution in [3.8, 4) is 0 Å². The van der Waals surface area contributed by atoms with Crippen molar-refractivity contribution in [1.29, 1.82) is 0 Å². The van der Waals surface area contributed by atoms with Gasteiger partial charge in [-0.15, -0.1) is 11.3 Å². The minimum absolute atomic E-state index is 0.524. The summed E-state index contributed by atoms with van der Waals surface area (Å²) >= 11 is 1.70. The lowest BCUT2D eigenvalue weighted by Gasteiger charge is -2.26. The highest BCUT2D eigenvalue weighted by Crippen LogP contribution is 2.33. The van der Waals surface area contributed by atoms with Crippen LogP contribution in [-0.4, -0.2) is 11.1 Å². The zero-order valence-corrected chi connectivity index (χ0v) is 10.1. The Morgan fingerprint density at radius 3 is 2.53 bits per heavy atom. The van der Waals surface area contributed by atoms with Crippen molar-refractivity contribution in [2.45, 2.75) is 39.5 Å². The highest BCUT2D eigenvalue weighted by Gasteiger charge is 2.34. The van der Waals surface area contributed by atoms with E-state index in [1.807, 2.05) is 25.3 Å². The molecule has 0 aliphatic carbocycles. The summed E-state index contributed by atoms with van der Waals surface area (Å²) in [4.78, 5) is 12.5. The predicted octanol–water partition coefficient (Wildman–Crippen LogP) is 3.57. The Labute approximate surface area is 94.9 Å². The quantitative estimate of drug-likeness (QED) is 0.805. The minimum Gasteiger partial charge on any atom is -0.481 e. The molecule has 1 heterocycles. The van der Waals surface area contributed by atoms with Crippen LogP contribution in [0.1, 0.15) is 38.0 Å². The van der Waals surface area contributed by atoms with Crippen LogP contribution < -0.4 is 0 Å². The van der Waals surface area contributed by atoms with E-state index in [0.717, 1.165) is 12.8 Å². The summed E-state index contributed by atoms with van der Waals surface area (Å²) in [6, 6.07) is 4.09. The molecular formula is C12H18O2S. The number of aryl methyl sites for hydroxylation is 1. The summed E-state index contributed by atoms with van der Waals surface area (Å²) in [6.45, 7) is 3.93. The maximum Gasteiger partial charge on any atom is 0.309 e. The predicted molar refractivity (Wildman–Crippen MR) is 63.3 cm³/mol. The zero-order valence-electron chi connectivity index (χ0n) is 9.32. The largest absolute Gasteiger partial charge is 0.481 e. The monoisotopic (exact) mass is 226 g/mol. The first-order valence-corrected chi connectivity index (χ1v) is 6.28. The van der Waals surface area contributed by atoms with E-state index >= 15 is 0 Å². The molecule has 1 aromatic heterocycles. The van der Waals surface area contributed by atoms with E-state index in [0.29, 0.717) is 12.8 Å². The molecule has 0 radical (unpaired) electrons. The molecule has 1 rings (SSSR count). The van der Waals surface area contributed by atoms with E-state index in [4.69, 9.17) is 0 Å². The third-order valence-electron chi connectivity index (χ3n) is 3.24. The van der Waals surface area contributed by atoms with E-state index < -0.39 is 11.4 Å². The van der Waals surface area contributed by atoms with Crippen molar-refractivity contribution in [3.05, 3.63) is 22.4 Å². The van der Waals surface area contributed by atoms with Gasteiger partial charge in [-0.1, -0.05) is 19.9 Å². The van der Waals surface area contributed by atoms with Gasteiger partial charge in [0.2, 0.25) is 0 Å². The van der Waals surface area contributed by atoms with Gasteiger partial charge >= 0.3 is 5.97 Å². The fourth-order valence-corrected chi connectivity index (χ4v) is 2.54. The van der Waals surface area contributed by atoms with Crippen LogP contribution >= 0.6 is 11.3 Å². The zero-order chi connectivity index (χ0) is 11.3. The number of rotatable bonds is 6. The minimum atomic E-state index is -0.649. The van der Waals surface area contributed by atoms with Gasteiger partial charge in [0.05, 0.1) is 5.41 Å². The lowest BCUT2D eigenvalue weighted by Crippen LogP contribution is -2.30. The molecule has 0 atom stereocenters. The maximum atomic E-state index is 11.2. The lowest BCUT2D eigenvalue weighted by atomic mass is 9.78. The van der Waals surface area contributed by atoms with Gasteiger partial charge in [-0.05, 0) is 37.1 Å². The molecule has 0 amide bonds. The molecule has 2 nitrogen and oxygen atoms in total. The van der Waals surface area contributed by atoms with E-state index in [-0.39, 0.29) is 0 Å². The van der Waals surface area contributed by atoms with Crippen molar-refractivity contribution >= 4 is 17.3 Å². The standard InChI is InChI=1S/C12H18O2S/c1-3-12(4-2,11(13)14)8-7-10-6-5-9-15-10/h5-6,9H,3-4,7-8H2,1-2H3,(H,13,14). The first kappa shape index (κ1) is 12.2. The highest BCUT2D eigenvalue weighted by atomic mass is 32.1. The lowest BCUT2D eigenvalue weighted by molar-refractivity contribution is -0.149. The Morgan fingerprint density at radius 1 is 1.47 bits per heavy atom. The van der Waals surface area contributed by atoms with Gasteiger partial charge in [0.25, 0.3) is 0 Å². The highest BCUT2D eigenvalue weighted by molar-refractivity contribution is 7.09. The average molecular weight is 226 g/mol. The Kier molecular flexibility index (Phi) is 4.33. The third kappa shape index (κ3) is 2.81. The Balaban J connectivity index is 2.63. The van der Waals surface area contributed by atoms with Crippen molar-refractivity contribution in [1.82, 2.24) is 0 Å². The number of carboxylic acids is 1. The average Bonchev–Trinajstić information content (AvgIpc) is 2.72. The Morgan fingerprint density at radius 2 is 2.13 bits per heavy atom. The van der Waals surface area contributed by atoms with Crippen LogP contribution in [0.4, 0.5) is 0 Å². The molecule has 0 spiro atoms. The summed E-state index contributed by atoms with van der Waals surface area (Å²) in [5, 5.41) is 11.3. The van der Waals surface area contributed by atoms with Gasteiger partial charge in [0, 0.05) is 4.88 Å². The molecule has 15 heavy (non-hydrogen) atoms. The summed E-state index contributed by atoms with van der Waals surface area (Å²) in [5.41, 5.74) is -0.524. The first-order valence-electron chi connectivity index (χ1n) is 5.40. The fraction of sp³-hybridized carbons (Fsp3) is 0.583. The van der Waals surface area contributed by atoms with Crippen LogP contribution in [0.5, 0.6) is 0 Å². The molecule has 0 bridgehead atoms. The molecule has 0 saturated carbocycles. The smallest absolute Gasteiger partial charge is 0.309 e. The van der Waals surface area contributed by atoms with E-state index in [2.05, 4.69) is 6.07 Å². The second kappa shape index (κ2) is 5.31. The molecule has 1 N–H and O–H groups in total. The van der Waals surface area contributed by atoms with E-state index in [1.54, 1.807) is 11.3 Å². The number of aliphatic carboxylic acids is 1. The molecule has 1 aromatic rings. The molecule has 0 aromatic carbocycles. The molecule has 0 fully saturated rings.